The molecule has 1 heterocycles. The molecule has 0 saturated heterocycles. The third-order valence-corrected chi connectivity index (χ3v) is 4.02. The number of amides is 1. The summed E-state index contributed by atoms with van der Waals surface area (Å²) in [5, 5.41) is 20.9. The molecule has 0 radical (unpaired) electrons. The predicted octanol–water partition coefficient (Wildman–Crippen LogP) is 3.43. The first-order chi connectivity index (χ1) is 11.7. The quantitative estimate of drug-likeness (QED) is 0.615. The number of nitrogens with one attached hydrogen (secondary N) is 1. The first-order valence-electron chi connectivity index (χ1n) is 7.65. The molecule has 24 heavy (non-hydrogen) atoms. The second-order valence-electron chi connectivity index (χ2n) is 4.86. The maximum absolute atomic E-state index is 12.3. The van der Waals surface area contributed by atoms with E-state index >= 15 is 0 Å². The van der Waals surface area contributed by atoms with E-state index in [1.165, 1.54) is 17.4 Å². The van der Waals surface area contributed by atoms with Crippen molar-refractivity contribution < 1.29 is 9.53 Å². The fourth-order valence-electron chi connectivity index (χ4n) is 1.86. The molecule has 124 valence electrons. The number of para-hydroxylation sites is 1. The Balaban J connectivity index is 2.19. The van der Waals surface area contributed by atoms with Gasteiger partial charge in [0.05, 0.1) is 6.61 Å². The number of hydrogen-bond donors (Lipinski definition) is 1. The highest BCUT2D eigenvalue weighted by Crippen LogP contribution is 2.22. The lowest BCUT2D eigenvalue weighted by Crippen LogP contribution is -2.13. The first-order valence-corrected chi connectivity index (χ1v) is 8.46. The third kappa shape index (κ3) is 4.64. The van der Waals surface area contributed by atoms with Crippen molar-refractivity contribution in [1.29, 1.82) is 5.26 Å². The minimum absolute atomic E-state index is 0.0178. The number of ether oxygens (including phenoxy) is 1. The van der Waals surface area contributed by atoms with E-state index in [2.05, 4.69) is 15.5 Å². The van der Waals surface area contributed by atoms with E-state index in [0.717, 1.165) is 17.8 Å². The molecule has 0 saturated carbocycles. The minimum Gasteiger partial charge on any atom is -0.493 e. The van der Waals surface area contributed by atoms with Gasteiger partial charge in [0.15, 0.2) is 0 Å². The van der Waals surface area contributed by atoms with Crippen LogP contribution < -0.4 is 10.1 Å². The molecule has 2 rings (SSSR count). The molecule has 2 aromatic rings. The Hall–Kier alpha value is -2.72. The second-order valence-corrected chi connectivity index (χ2v) is 5.93. The summed E-state index contributed by atoms with van der Waals surface area (Å²) >= 11 is 1.29. The summed E-state index contributed by atoms with van der Waals surface area (Å²) in [6.45, 7) is 4.54. The van der Waals surface area contributed by atoms with Crippen molar-refractivity contribution in [2.24, 2.45) is 0 Å². The Morgan fingerprint density at radius 2 is 2.17 bits per heavy atom. The van der Waals surface area contributed by atoms with Crippen LogP contribution in [-0.4, -0.2) is 22.7 Å². The van der Waals surface area contributed by atoms with Crippen LogP contribution in [0.2, 0.25) is 0 Å². The number of benzene rings is 1. The second kappa shape index (κ2) is 8.79. The zero-order valence-corrected chi connectivity index (χ0v) is 14.4. The van der Waals surface area contributed by atoms with Gasteiger partial charge in [-0.2, -0.15) is 5.26 Å². The van der Waals surface area contributed by atoms with Crippen LogP contribution in [0.25, 0.3) is 6.08 Å². The lowest BCUT2D eigenvalue weighted by atomic mass is 10.1. The summed E-state index contributed by atoms with van der Waals surface area (Å²) in [7, 11) is 0. The summed E-state index contributed by atoms with van der Waals surface area (Å²) in [6.07, 6.45) is 3.14. The standard InChI is InChI=1S/C17H18N4O2S/c1-3-9-23-14-8-6-5-7-12(14)10-13(11-18)16(22)19-17-21-20-15(4-2)24-17/h5-8,10H,3-4,9H2,1-2H3,(H,19,21,22)/b13-10+. The van der Waals surface area contributed by atoms with Crippen molar-refractivity contribution in [3.8, 4) is 11.8 Å². The van der Waals surface area contributed by atoms with Crippen molar-refractivity contribution >= 4 is 28.5 Å². The van der Waals surface area contributed by atoms with Gasteiger partial charge in [-0.25, -0.2) is 0 Å². The van der Waals surface area contributed by atoms with Gasteiger partial charge in [0.25, 0.3) is 5.91 Å². The van der Waals surface area contributed by atoms with E-state index in [-0.39, 0.29) is 5.57 Å². The highest BCUT2D eigenvalue weighted by Gasteiger charge is 2.13. The molecular formula is C17H18N4O2S. The van der Waals surface area contributed by atoms with Crippen LogP contribution in [0.3, 0.4) is 0 Å². The molecule has 0 spiro atoms. The molecule has 0 bridgehead atoms. The van der Waals surface area contributed by atoms with Gasteiger partial charge in [0, 0.05) is 5.56 Å². The van der Waals surface area contributed by atoms with E-state index in [0.29, 0.717) is 23.1 Å². The summed E-state index contributed by atoms with van der Waals surface area (Å²) in [4.78, 5) is 12.3. The molecule has 1 N–H and O–H groups in total. The fraction of sp³-hybridized carbons (Fsp3) is 0.294. The minimum atomic E-state index is -0.512. The van der Waals surface area contributed by atoms with Gasteiger partial charge in [-0.3, -0.25) is 10.1 Å². The molecule has 0 aliphatic carbocycles. The zero-order chi connectivity index (χ0) is 17.4. The topological polar surface area (TPSA) is 87.9 Å². The normalized spacial score (nSPS) is 11.0. The molecule has 7 heteroatoms. The Labute approximate surface area is 144 Å². The fourth-order valence-corrected chi connectivity index (χ4v) is 2.53. The number of aromatic nitrogens is 2. The number of nitriles is 1. The van der Waals surface area contributed by atoms with Gasteiger partial charge in [-0.15, -0.1) is 10.2 Å². The summed E-state index contributed by atoms with van der Waals surface area (Å²) in [5.41, 5.74) is 0.667. The molecule has 1 aromatic heterocycles. The van der Waals surface area contributed by atoms with Crippen LogP contribution in [0.15, 0.2) is 29.8 Å². The van der Waals surface area contributed by atoms with E-state index in [1.807, 2.05) is 38.1 Å². The monoisotopic (exact) mass is 342 g/mol. The van der Waals surface area contributed by atoms with E-state index in [4.69, 9.17) is 4.74 Å². The summed E-state index contributed by atoms with van der Waals surface area (Å²) in [6, 6.07) is 9.22. The number of rotatable bonds is 7. The molecule has 1 amide bonds. The summed E-state index contributed by atoms with van der Waals surface area (Å²) < 4.78 is 5.64. The molecule has 0 fully saturated rings. The van der Waals surface area contributed by atoms with Crippen LogP contribution in [-0.2, 0) is 11.2 Å². The van der Waals surface area contributed by atoms with Crippen molar-refractivity contribution in [2.45, 2.75) is 26.7 Å². The van der Waals surface area contributed by atoms with Crippen LogP contribution in [0.4, 0.5) is 5.13 Å². The Bertz CT molecular complexity index is 777. The van der Waals surface area contributed by atoms with Crippen LogP contribution in [0.1, 0.15) is 30.8 Å². The number of hydrogen-bond acceptors (Lipinski definition) is 6. The molecule has 1 aromatic carbocycles. The van der Waals surface area contributed by atoms with Crippen molar-refractivity contribution in [1.82, 2.24) is 10.2 Å². The number of carbonyl (C=O) groups excluding carboxylic acids is 1. The van der Waals surface area contributed by atoms with Crippen molar-refractivity contribution in [3.63, 3.8) is 0 Å². The zero-order valence-electron chi connectivity index (χ0n) is 13.6. The SMILES string of the molecule is CCCOc1ccccc1/C=C(\C#N)C(=O)Nc1nnc(CC)s1. The van der Waals surface area contributed by atoms with Gasteiger partial charge in [0.1, 0.15) is 22.4 Å². The first kappa shape index (κ1) is 17.6. The van der Waals surface area contributed by atoms with Gasteiger partial charge < -0.3 is 4.74 Å². The lowest BCUT2D eigenvalue weighted by molar-refractivity contribution is -0.112. The average molecular weight is 342 g/mol. The molecule has 0 aliphatic rings. The smallest absolute Gasteiger partial charge is 0.268 e. The molecule has 0 atom stereocenters. The Morgan fingerprint density at radius 3 is 2.83 bits per heavy atom. The lowest BCUT2D eigenvalue weighted by Gasteiger charge is -2.08. The third-order valence-electron chi connectivity index (χ3n) is 3.04. The number of nitrogens with zero attached hydrogens (tertiary/aromatic N) is 3. The largest absolute Gasteiger partial charge is 0.493 e. The molecule has 0 aliphatic heterocycles. The van der Waals surface area contributed by atoms with E-state index in [9.17, 15) is 10.1 Å². The predicted molar refractivity (Wildman–Crippen MR) is 93.7 cm³/mol. The molecule has 0 unspecified atom stereocenters. The van der Waals surface area contributed by atoms with Crippen molar-refractivity contribution in [2.75, 3.05) is 11.9 Å². The number of aryl methyl sites for hydroxylation is 1. The Morgan fingerprint density at radius 1 is 1.38 bits per heavy atom. The van der Waals surface area contributed by atoms with E-state index < -0.39 is 5.91 Å². The van der Waals surface area contributed by atoms with E-state index in [1.54, 1.807) is 6.07 Å². The van der Waals surface area contributed by atoms with Crippen LogP contribution in [0.5, 0.6) is 5.75 Å². The number of carbonyl (C=O) groups is 1. The molecule has 6 nitrogen and oxygen atoms in total. The average Bonchev–Trinajstić information content (AvgIpc) is 3.06. The van der Waals surface area contributed by atoms with Crippen molar-refractivity contribution in [3.05, 3.63) is 40.4 Å². The van der Waals surface area contributed by atoms with Gasteiger partial charge in [0.2, 0.25) is 5.13 Å². The highest BCUT2D eigenvalue weighted by atomic mass is 32.1. The van der Waals surface area contributed by atoms with Crippen LogP contribution in [0, 0.1) is 11.3 Å². The van der Waals surface area contributed by atoms with Gasteiger partial charge in [-0.05, 0) is 25.0 Å². The Kier molecular flexibility index (Phi) is 6.46. The maximum atomic E-state index is 12.3. The van der Waals surface area contributed by atoms with Gasteiger partial charge >= 0.3 is 0 Å². The van der Waals surface area contributed by atoms with Gasteiger partial charge in [-0.1, -0.05) is 43.4 Å². The van der Waals surface area contributed by atoms with Crippen LogP contribution >= 0.6 is 11.3 Å². The summed E-state index contributed by atoms with van der Waals surface area (Å²) in [5.74, 6) is 0.130. The maximum Gasteiger partial charge on any atom is 0.268 e. The highest BCUT2D eigenvalue weighted by molar-refractivity contribution is 7.15. The number of anilines is 1. The molecular weight excluding hydrogens is 324 g/mol.